The summed E-state index contributed by atoms with van der Waals surface area (Å²) in [5.74, 6) is -0.400. The molecule has 0 atom stereocenters. The van der Waals surface area contributed by atoms with E-state index in [0.29, 0.717) is 16.6 Å². The number of nitrogens with one attached hydrogen (secondary N) is 2. The van der Waals surface area contributed by atoms with Gasteiger partial charge in [-0.1, -0.05) is 25.0 Å². The molecule has 104 valence electrons. The standard InChI is InChI=1S/C13H17BrN2O3/c1-3-4-7-19-13(18)16-15-12(17)10-8-9(2)5-6-11(10)14/h5-6,8H,3-4,7H2,1-2H3,(H,15,17)(H,16,18). The van der Waals surface area contributed by atoms with E-state index >= 15 is 0 Å². The lowest BCUT2D eigenvalue weighted by molar-refractivity contribution is 0.0908. The molecule has 5 nitrogen and oxygen atoms in total. The van der Waals surface area contributed by atoms with Crippen LogP contribution in [0.2, 0.25) is 0 Å². The van der Waals surface area contributed by atoms with Crippen molar-refractivity contribution < 1.29 is 14.3 Å². The molecular weight excluding hydrogens is 312 g/mol. The average molecular weight is 329 g/mol. The van der Waals surface area contributed by atoms with Gasteiger partial charge in [-0.25, -0.2) is 10.2 Å². The van der Waals surface area contributed by atoms with E-state index in [1.807, 2.05) is 19.9 Å². The molecular formula is C13H17BrN2O3. The van der Waals surface area contributed by atoms with Crippen LogP contribution in [-0.4, -0.2) is 18.6 Å². The normalized spacial score (nSPS) is 9.84. The second-order valence-corrected chi connectivity index (χ2v) is 4.91. The van der Waals surface area contributed by atoms with Crippen molar-refractivity contribution in [2.75, 3.05) is 6.61 Å². The average Bonchev–Trinajstić information content (AvgIpc) is 2.39. The van der Waals surface area contributed by atoms with Gasteiger partial charge in [0.1, 0.15) is 0 Å². The van der Waals surface area contributed by atoms with Crippen molar-refractivity contribution >= 4 is 27.9 Å². The van der Waals surface area contributed by atoms with Gasteiger partial charge >= 0.3 is 6.09 Å². The fraction of sp³-hybridized carbons (Fsp3) is 0.385. The van der Waals surface area contributed by atoms with Crippen molar-refractivity contribution in [1.29, 1.82) is 0 Å². The molecule has 1 aromatic carbocycles. The summed E-state index contributed by atoms with van der Waals surface area (Å²) in [6.45, 7) is 4.22. The molecule has 0 aliphatic carbocycles. The minimum atomic E-state index is -0.662. The van der Waals surface area contributed by atoms with Crippen molar-refractivity contribution in [3.8, 4) is 0 Å². The number of carbonyl (C=O) groups is 2. The van der Waals surface area contributed by atoms with E-state index in [0.717, 1.165) is 18.4 Å². The molecule has 2 amide bonds. The zero-order chi connectivity index (χ0) is 14.3. The smallest absolute Gasteiger partial charge is 0.426 e. The first-order valence-corrected chi connectivity index (χ1v) is 6.83. The number of halogens is 1. The van der Waals surface area contributed by atoms with E-state index in [4.69, 9.17) is 4.74 Å². The number of unbranched alkanes of at least 4 members (excludes halogenated alkanes) is 1. The Hall–Kier alpha value is -1.56. The molecule has 0 aromatic heterocycles. The van der Waals surface area contributed by atoms with Gasteiger partial charge in [-0.05, 0) is 41.4 Å². The van der Waals surface area contributed by atoms with Gasteiger partial charge in [-0.2, -0.15) is 0 Å². The topological polar surface area (TPSA) is 67.4 Å². The van der Waals surface area contributed by atoms with Crippen LogP contribution >= 0.6 is 15.9 Å². The highest BCUT2D eigenvalue weighted by Gasteiger charge is 2.11. The molecule has 6 heteroatoms. The number of amides is 2. The number of benzene rings is 1. The molecule has 0 aliphatic rings. The van der Waals surface area contributed by atoms with E-state index in [1.54, 1.807) is 12.1 Å². The van der Waals surface area contributed by atoms with Gasteiger partial charge in [-0.3, -0.25) is 10.2 Å². The zero-order valence-corrected chi connectivity index (χ0v) is 12.5. The molecule has 0 spiro atoms. The summed E-state index contributed by atoms with van der Waals surface area (Å²) in [7, 11) is 0. The van der Waals surface area contributed by atoms with E-state index in [9.17, 15) is 9.59 Å². The van der Waals surface area contributed by atoms with Crippen molar-refractivity contribution in [2.24, 2.45) is 0 Å². The first-order chi connectivity index (χ1) is 9.04. The molecule has 0 heterocycles. The van der Waals surface area contributed by atoms with Crippen LogP contribution in [0.3, 0.4) is 0 Å². The van der Waals surface area contributed by atoms with Gasteiger partial charge in [-0.15, -0.1) is 0 Å². The second-order valence-electron chi connectivity index (χ2n) is 4.05. The molecule has 1 rings (SSSR count). The van der Waals surface area contributed by atoms with E-state index in [1.165, 1.54) is 0 Å². The van der Waals surface area contributed by atoms with Crippen LogP contribution in [0.5, 0.6) is 0 Å². The molecule has 0 unspecified atom stereocenters. The summed E-state index contributed by atoms with van der Waals surface area (Å²) in [4.78, 5) is 23.1. The number of aryl methyl sites for hydroxylation is 1. The third-order valence-corrected chi connectivity index (χ3v) is 3.07. The summed E-state index contributed by atoms with van der Waals surface area (Å²) in [5.41, 5.74) is 5.92. The quantitative estimate of drug-likeness (QED) is 0.659. The maximum atomic E-state index is 11.8. The van der Waals surface area contributed by atoms with Gasteiger partial charge in [0.05, 0.1) is 12.2 Å². The Labute approximate surface area is 120 Å². The van der Waals surface area contributed by atoms with Gasteiger partial charge < -0.3 is 4.74 Å². The summed E-state index contributed by atoms with van der Waals surface area (Å²) in [6, 6.07) is 5.39. The number of hydrogen-bond acceptors (Lipinski definition) is 3. The van der Waals surface area contributed by atoms with Crippen molar-refractivity contribution in [2.45, 2.75) is 26.7 Å². The summed E-state index contributed by atoms with van der Waals surface area (Å²) < 4.78 is 5.51. The Morgan fingerprint density at radius 1 is 1.32 bits per heavy atom. The SMILES string of the molecule is CCCCOC(=O)NNC(=O)c1cc(C)ccc1Br. The third-order valence-electron chi connectivity index (χ3n) is 2.38. The lowest BCUT2D eigenvalue weighted by atomic mass is 10.1. The molecule has 0 bridgehead atoms. The first kappa shape index (κ1) is 15.5. The molecule has 0 aliphatic heterocycles. The molecule has 19 heavy (non-hydrogen) atoms. The largest absolute Gasteiger partial charge is 0.448 e. The molecule has 0 fully saturated rings. The van der Waals surface area contributed by atoms with Gasteiger partial charge in [0, 0.05) is 4.47 Å². The zero-order valence-electron chi connectivity index (χ0n) is 11.0. The molecule has 0 radical (unpaired) electrons. The number of hydrazine groups is 1. The van der Waals surface area contributed by atoms with Gasteiger partial charge in [0.2, 0.25) is 0 Å². The lowest BCUT2D eigenvalue weighted by Gasteiger charge is -2.09. The minimum absolute atomic E-state index is 0.340. The number of rotatable bonds is 4. The maximum Gasteiger partial charge on any atom is 0.426 e. The Balaban J connectivity index is 2.47. The Kier molecular flexibility index (Phi) is 6.35. The molecule has 0 saturated heterocycles. The predicted molar refractivity (Wildman–Crippen MR) is 75.7 cm³/mol. The van der Waals surface area contributed by atoms with E-state index in [2.05, 4.69) is 26.8 Å². The highest BCUT2D eigenvalue weighted by atomic mass is 79.9. The summed E-state index contributed by atoms with van der Waals surface area (Å²) in [5, 5.41) is 0. The predicted octanol–water partition coefficient (Wildman–Crippen LogP) is 2.93. The van der Waals surface area contributed by atoms with Gasteiger partial charge in [0.15, 0.2) is 0 Å². The van der Waals surface area contributed by atoms with Crippen LogP contribution in [0.25, 0.3) is 0 Å². The van der Waals surface area contributed by atoms with Crippen molar-refractivity contribution in [1.82, 2.24) is 10.9 Å². The van der Waals surface area contributed by atoms with Crippen molar-refractivity contribution in [3.63, 3.8) is 0 Å². The van der Waals surface area contributed by atoms with Crippen LogP contribution in [-0.2, 0) is 4.74 Å². The van der Waals surface area contributed by atoms with Crippen LogP contribution < -0.4 is 10.9 Å². The highest BCUT2D eigenvalue weighted by molar-refractivity contribution is 9.10. The Bertz CT molecular complexity index is 463. The Morgan fingerprint density at radius 2 is 2.05 bits per heavy atom. The lowest BCUT2D eigenvalue weighted by Crippen LogP contribution is -2.42. The minimum Gasteiger partial charge on any atom is -0.448 e. The van der Waals surface area contributed by atoms with Gasteiger partial charge in [0.25, 0.3) is 5.91 Å². The number of carbonyl (C=O) groups excluding carboxylic acids is 2. The fourth-order valence-electron chi connectivity index (χ4n) is 1.33. The van der Waals surface area contributed by atoms with E-state index < -0.39 is 12.0 Å². The first-order valence-electron chi connectivity index (χ1n) is 6.04. The fourth-order valence-corrected chi connectivity index (χ4v) is 1.76. The van der Waals surface area contributed by atoms with Crippen LogP contribution in [0.15, 0.2) is 22.7 Å². The second kappa shape index (κ2) is 7.78. The number of hydrogen-bond donors (Lipinski definition) is 2. The number of ether oxygens (including phenoxy) is 1. The van der Waals surface area contributed by atoms with Crippen LogP contribution in [0.4, 0.5) is 4.79 Å². The highest BCUT2D eigenvalue weighted by Crippen LogP contribution is 2.17. The van der Waals surface area contributed by atoms with E-state index in [-0.39, 0.29) is 0 Å². The molecule has 2 N–H and O–H groups in total. The summed E-state index contributed by atoms with van der Waals surface area (Å²) in [6.07, 6.45) is 1.08. The van der Waals surface area contributed by atoms with Crippen LogP contribution in [0.1, 0.15) is 35.7 Å². The van der Waals surface area contributed by atoms with Crippen molar-refractivity contribution in [3.05, 3.63) is 33.8 Å². The third kappa shape index (κ3) is 5.30. The molecule has 0 saturated carbocycles. The molecule has 1 aromatic rings. The monoisotopic (exact) mass is 328 g/mol. The maximum absolute atomic E-state index is 11.8. The Morgan fingerprint density at radius 3 is 2.74 bits per heavy atom. The summed E-state index contributed by atoms with van der Waals surface area (Å²) >= 11 is 3.28. The van der Waals surface area contributed by atoms with Crippen LogP contribution in [0, 0.1) is 6.92 Å².